The lowest BCUT2D eigenvalue weighted by Crippen LogP contribution is -2.55. The van der Waals surface area contributed by atoms with Crippen molar-refractivity contribution in [3.63, 3.8) is 0 Å². The molecule has 2 atom stereocenters. The quantitative estimate of drug-likeness (QED) is 0.435. The fourth-order valence-electron chi connectivity index (χ4n) is 2.31. The highest BCUT2D eigenvalue weighted by atomic mass is 16.4. The van der Waals surface area contributed by atoms with Crippen molar-refractivity contribution in [1.82, 2.24) is 4.90 Å². The van der Waals surface area contributed by atoms with Crippen molar-refractivity contribution >= 4 is 11.8 Å². The zero-order valence-corrected chi connectivity index (χ0v) is 7.18. The number of carbonyl (C=O) groups is 1. The van der Waals surface area contributed by atoms with Crippen LogP contribution in [0.1, 0.15) is 19.3 Å². The van der Waals surface area contributed by atoms with Gasteiger partial charge in [0.1, 0.15) is 0 Å². The molecule has 2 heterocycles. The summed E-state index contributed by atoms with van der Waals surface area (Å²) in [4.78, 5) is 12.2. The summed E-state index contributed by atoms with van der Waals surface area (Å²) in [5, 5.41) is 20.7. The number of piperidine rings is 2. The van der Waals surface area contributed by atoms with E-state index in [0.717, 1.165) is 19.3 Å². The molecule has 1 amide bonds. The van der Waals surface area contributed by atoms with E-state index in [9.17, 15) is 4.79 Å². The zero-order chi connectivity index (χ0) is 9.42. The Morgan fingerprint density at radius 1 is 1.54 bits per heavy atom. The Morgan fingerprint density at radius 2 is 2.31 bits per heavy atom. The molecule has 3 fully saturated rings. The van der Waals surface area contributed by atoms with E-state index in [-0.39, 0.29) is 6.04 Å². The highest BCUT2D eigenvalue weighted by Gasteiger charge is 2.40. The van der Waals surface area contributed by atoms with Crippen LogP contribution in [0, 0.1) is 5.92 Å². The van der Waals surface area contributed by atoms with Crippen molar-refractivity contribution in [2.45, 2.75) is 25.3 Å². The van der Waals surface area contributed by atoms with Crippen molar-refractivity contribution in [2.75, 3.05) is 6.54 Å². The standard InChI is InChI=1S/C8H12N2O3/c11-8(12)10-4-5-1-2-7(10)6(3-5)9-13/h5,7,13H,1-4H2,(H,11,12)/b9-6+. The van der Waals surface area contributed by atoms with Gasteiger partial charge in [-0.15, -0.1) is 0 Å². The second-order valence-corrected chi connectivity index (χ2v) is 3.69. The predicted octanol–water partition coefficient (Wildman–Crippen LogP) is 0.979. The van der Waals surface area contributed by atoms with Gasteiger partial charge in [-0.3, -0.25) is 4.90 Å². The molecule has 0 aromatic rings. The lowest BCUT2D eigenvalue weighted by Gasteiger charge is -2.43. The summed E-state index contributed by atoms with van der Waals surface area (Å²) in [5.41, 5.74) is 0.630. The SMILES string of the molecule is O=C(O)N1CC2CCC1/C(=N/O)C2. The number of fused-ring (bicyclic) bond motifs is 3. The maximum Gasteiger partial charge on any atom is 0.407 e. The summed E-state index contributed by atoms with van der Waals surface area (Å²) in [6, 6.07) is -0.174. The van der Waals surface area contributed by atoms with Gasteiger partial charge < -0.3 is 10.3 Å². The average molecular weight is 184 g/mol. The minimum Gasteiger partial charge on any atom is -0.465 e. The second kappa shape index (κ2) is 2.90. The summed E-state index contributed by atoms with van der Waals surface area (Å²) in [6.45, 7) is 0.596. The molecule has 0 aromatic carbocycles. The Labute approximate surface area is 75.6 Å². The predicted molar refractivity (Wildman–Crippen MR) is 45.1 cm³/mol. The van der Waals surface area contributed by atoms with E-state index in [1.165, 1.54) is 4.90 Å². The molecule has 0 aromatic heterocycles. The van der Waals surface area contributed by atoms with Crippen LogP contribution in [-0.4, -0.2) is 39.6 Å². The minimum atomic E-state index is -0.907. The Kier molecular flexibility index (Phi) is 1.86. The fourth-order valence-corrected chi connectivity index (χ4v) is 2.31. The number of rotatable bonds is 0. The van der Waals surface area contributed by atoms with Gasteiger partial charge in [0.05, 0.1) is 11.8 Å². The number of amides is 1. The number of hydrogen-bond donors (Lipinski definition) is 2. The first kappa shape index (κ1) is 8.34. The lowest BCUT2D eigenvalue weighted by molar-refractivity contribution is 0.0930. The number of oxime groups is 1. The Balaban J connectivity index is 2.22. The van der Waals surface area contributed by atoms with Gasteiger partial charge in [-0.2, -0.15) is 0 Å². The third-order valence-corrected chi connectivity index (χ3v) is 2.94. The molecule has 1 saturated carbocycles. The van der Waals surface area contributed by atoms with Crippen LogP contribution in [0.5, 0.6) is 0 Å². The molecule has 2 unspecified atom stereocenters. The molecule has 3 rings (SSSR count). The molecular formula is C8H12N2O3. The zero-order valence-electron chi connectivity index (χ0n) is 7.18. The van der Waals surface area contributed by atoms with Gasteiger partial charge in [0.15, 0.2) is 0 Å². The molecule has 1 aliphatic carbocycles. The van der Waals surface area contributed by atoms with E-state index in [0.29, 0.717) is 18.2 Å². The van der Waals surface area contributed by atoms with E-state index in [1.54, 1.807) is 0 Å². The van der Waals surface area contributed by atoms with Crippen molar-refractivity contribution in [3.8, 4) is 0 Å². The van der Waals surface area contributed by atoms with Crippen LogP contribution in [0.4, 0.5) is 4.79 Å². The normalized spacial score (nSPS) is 35.4. The molecule has 13 heavy (non-hydrogen) atoms. The highest BCUT2D eigenvalue weighted by molar-refractivity contribution is 5.93. The second-order valence-electron chi connectivity index (χ2n) is 3.69. The minimum absolute atomic E-state index is 0.174. The first-order valence-electron chi connectivity index (χ1n) is 4.42. The molecule has 2 N–H and O–H groups in total. The molecular weight excluding hydrogens is 172 g/mol. The third-order valence-electron chi connectivity index (χ3n) is 2.94. The fraction of sp³-hybridized carbons (Fsp3) is 0.750. The molecule has 72 valence electrons. The van der Waals surface area contributed by atoms with Gasteiger partial charge in [-0.25, -0.2) is 4.79 Å². The van der Waals surface area contributed by atoms with Crippen LogP contribution in [0.25, 0.3) is 0 Å². The van der Waals surface area contributed by atoms with Gasteiger partial charge in [-0.1, -0.05) is 5.16 Å². The maximum atomic E-state index is 10.8. The van der Waals surface area contributed by atoms with Crippen LogP contribution in [-0.2, 0) is 0 Å². The largest absolute Gasteiger partial charge is 0.465 e. The highest BCUT2D eigenvalue weighted by Crippen LogP contribution is 2.33. The first-order chi connectivity index (χ1) is 6.22. The number of carboxylic acid groups (broad SMARTS) is 1. The van der Waals surface area contributed by atoms with Crippen molar-refractivity contribution < 1.29 is 15.1 Å². The van der Waals surface area contributed by atoms with Crippen molar-refractivity contribution in [1.29, 1.82) is 0 Å². The molecule has 3 aliphatic rings. The Bertz CT molecular complexity index is 264. The average Bonchev–Trinajstić information content (AvgIpc) is 2.18. The summed E-state index contributed by atoms with van der Waals surface area (Å²) in [6.07, 6.45) is 1.70. The molecule has 0 radical (unpaired) electrons. The van der Waals surface area contributed by atoms with E-state index >= 15 is 0 Å². The topological polar surface area (TPSA) is 73.1 Å². The van der Waals surface area contributed by atoms with Crippen molar-refractivity contribution in [2.24, 2.45) is 11.1 Å². The lowest BCUT2D eigenvalue weighted by atomic mass is 9.79. The van der Waals surface area contributed by atoms with Gasteiger partial charge in [0.25, 0.3) is 0 Å². The van der Waals surface area contributed by atoms with E-state index in [4.69, 9.17) is 10.3 Å². The van der Waals surface area contributed by atoms with Crippen LogP contribution < -0.4 is 0 Å². The Hall–Kier alpha value is -1.26. The van der Waals surface area contributed by atoms with Crippen LogP contribution in [0.15, 0.2) is 5.16 Å². The smallest absolute Gasteiger partial charge is 0.407 e. The summed E-state index contributed by atoms with van der Waals surface area (Å²) >= 11 is 0. The first-order valence-corrected chi connectivity index (χ1v) is 4.42. The maximum absolute atomic E-state index is 10.8. The molecule has 2 bridgehead atoms. The monoisotopic (exact) mass is 184 g/mol. The van der Waals surface area contributed by atoms with Crippen molar-refractivity contribution in [3.05, 3.63) is 0 Å². The number of hydrogen-bond acceptors (Lipinski definition) is 3. The number of nitrogens with zero attached hydrogens (tertiary/aromatic N) is 2. The molecule has 2 saturated heterocycles. The van der Waals surface area contributed by atoms with Gasteiger partial charge in [0.2, 0.25) is 0 Å². The van der Waals surface area contributed by atoms with E-state index < -0.39 is 6.09 Å². The molecule has 0 spiro atoms. The third kappa shape index (κ3) is 1.24. The van der Waals surface area contributed by atoms with Crippen LogP contribution in [0.3, 0.4) is 0 Å². The summed E-state index contributed by atoms with van der Waals surface area (Å²) in [7, 11) is 0. The summed E-state index contributed by atoms with van der Waals surface area (Å²) < 4.78 is 0. The van der Waals surface area contributed by atoms with E-state index in [1.807, 2.05) is 0 Å². The van der Waals surface area contributed by atoms with E-state index in [2.05, 4.69) is 5.16 Å². The summed E-state index contributed by atoms with van der Waals surface area (Å²) in [5.74, 6) is 0.354. The van der Waals surface area contributed by atoms with Gasteiger partial charge in [0, 0.05) is 6.54 Å². The van der Waals surface area contributed by atoms with Gasteiger partial charge in [-0.05, 0) is 25.2 Å². The van der Waals surface area contributed by atoms with Crippen LogP contribution >= 0.6 is 0 Å². The van der Waals surface area contributed by atoms with Crippen LogP contribution in [0.2, 0.25) is 0 Å². The molecule has 5 nitrogen and oxygen atoms in total. The van der Waals surface area contributed by atoms with Gasteiger partial charge >= 0.3 is 6.09 Å². The molecule has 2 aliphatic heterocycles. The Morgan fingerprint density at radius 3 is 2.85 bits per heavy atom. The molecule has 5 heteroatoms.